The minimum atomic E-state index is -0.482. The van der Waals surface area contributed by atoms with Gasteiger partial charge in [0.2, 0.25) is 0 Å². The molecule has 1 aromatic carbocycles. The van der Waals surface area contributed by atoms with E-state index in [4.69, 9.17) is 10.5 Å². The number of nitrogens with one attached hydrogen (secondary N) is 1. The van der Waals surface area contributed by atoms with Crippen molar-refractivity contribution in [3.63, 3.8) is 0 Å². The van der Waals surface area contributed by atoms with Gasteiger partial charge >= 0.3 is 0 Å². The van der Waals surface area contributed by atoms with Crippen LogP contribution in [0.5, 0.6) is 5.75 Å². The van der Waals surface area contributed by atoms with Crippen molar-refractivity contribution in [2.75, 3.05) is 13.1 Å². The zero-order chi connectivity index (χ0) is 13.4. The van der Waals surface area contributed by atoms with Crippen LogP contribution in [0.2, 0.25) is 0 Å². The van der Waals surface area contributed by atoms with Gasteiger partial charge in [-0.25, -0.2) is 0 Å². The summed E-state index contributed by atoms with van der Waals surface area (Å²) in [5.74, 6) is 0.633. The molecule has 1 amide bonds. The second kappa shape index (κ2) is 7.71. The third kappa shape index (κ3) is 5.19. The van der Waals surface area contributed by atoms with Crippen LogP contribution >= 0.6 is 0 Å². The van der Waals surface area contributed by atoms with Gasteiger partial charge in [-0.1, -0.05) is 12.1 Å². The Kier molecular flexibility index (Phi) is 6.22. The molecule has 100 valence electrons. The molecule has 0 aromatic heterocycles. The van der Waals surface area contributed by atoms with Crippen molar-refractivity contribution >= 4 is 5.91 Å². The van der Waals surface area contributed by atoms with Crippen molar-refractivity contribution in [3.8, 4) is 5.75 Å². The normalized spacial score (nSPS) is 11.9. The van der Waals surface area contributed by atoms with Gasteiger partial charge in [-0.3, -0.25) is 4.79 Å². The average molecular weight is 250 g/mol. The first-order valence-electron chi connectivity index (χ1n) is 6.34. The number of ether oxygens (including phenoxy) is 1. The summed E-state index contributed by atoms with van der Waals surface area (Å²) < 4.78 is 5.58. The first kappa shape index (κ1) is 14.5. The first-order valence-corrected chi connectivity index (χ1v) is 6.34. The van der Waals surface area contributed by atoms with Crippen molar-refractivity contribution in [1.82, 2.24) is 5.32 Å². The molecule has 4 heteroatoms. The molecule has 0 saturated carbocycles. The lowest BCUT2D eigenvalue weighted by atomic mass is 10.2. The Balaban J connectivity index is 2.35. The summed E-state index contributed by atoms with van der Waals surface area (Å²) in [5.41, 5.74) is 6.50. The van der Waals surface area contributed by atoms with E-state index >= 15 is 0 Å². The number of amides is 1. The van der Waals surface area contributed by atoms with Crippen molar-refractivity contribution in [1.29, 1.82) is 0 Å². The van der Waals surface area contributed by atoms with Gasteiger partial charge in [0.15, 0.2) is 6.10 Å². The Bertz CT molecular complexity index is 380. The molecule has 1 aromatic rings. The minimum Gasteiger partial charge on any atom is -0.481 e. The molecule has 18 heavy (non-hydrogen) atoms. The first-order chi connectivity index (χ1) is 8.63. The van der Waals surface area contributed by atoms with E-state index in [2.05, 4.69) is 5.32 Å². The number of rotatable bonds is 7. The van der Waals surface area contributed by atoms with E-state index in [0.717, 1.165) is 24.2 Å². The fraction of sp³-hybridized carbons (Fsp3) is 0.500. The summed E-state index contributed by atoms with van der Waals surface area (Å²) in [6.07, 6.45) is 1.34. The summed E-state index contributed by atoms with van der Waals surface area (Å²) in [6, 6.07) is 7.67. The lowest BCUT2D eigenvalue weighted by molar-refractivity contribution is -0.127. The van der Waals surface area contributed by atoms with Crippen molar-refractivity contribution < 1.29 is 9.53 Å². The van der Waals surface area contributed by atoms with Crippen LogP contribution in [0.25, 0.3) is 0 Å². The van der Waals surface area contributed by atoms with E-state index in [9.17, 15) is 4.79 Å². The van der Waals surface area contributed by atoms with Crippen LogP contribution in [0, 0.1) is 6.92 Å². The molecule has 0 radical (unpaired) electrons. The van der Waals surface area contributed by atoms with E-state index in [1.54, 1.807) is 6.92 Å². The fourth-order valence-corrected chi connectivity index (χ4v) is 1.57. The monoisotopic (exact) mass is 250 g/mol. The van der Waals surface area contributed by atoms with Gasteiger partial charge in [0.1, 0.15) is 5.75 Å². The molecule has 3 N–H and O–H groups in total. The number of aryl methyl sites for hydroxylation is 1. The maximum Gasteiger partial charge on any atom is 0.260 e. The summed E-state index contributed by atoms with van der Waals surface area (Å²) in [6.45, 7) is 5.05. The van der Waals surface area contributed by atoms with Gasteiger partial charge in [-0.05, 0) is 50.9 Å². The molecular weight excluding hydrogens is 228 g/mol. The van der Waals surface area contributed by atoms with Crippen LogP contribution in [0.1, 0.15) is 25.3 Å². The topological polar surface area (TPSA) is 64.3 Å². The third-order valence-electron chi connectivity index (χ3n) is 2.60. The standard InChI is InChI=1S/C14H22N2O2/c1-11-6-5-7-13(10-11)18-12(2)14(17)16-9-4-3-8-15/h5-7,10,12H,3-4,8-9,15H2,1-2H3,(H,16,17). The summed E-state index contributed by atoms with van der Waals surface area (Å²) in [5, 5.41) is 2.83. The number of hydrogen-bond acceptors (Lipinski definition) is 3. The maximum absolute atomic E-state index is 11.7. The number of benzene rings is 1. The van der Waals surface area contributed by atoms with Gasteiger partial charge < -0.3 is 15.8 Å². The Labute approximate surface area is 109 Å². The number of unbranched alkanes of at least 4 members (excludes halogenated alkanes) is 1. The van der Waals surface area contributed by atoms with E-state index in [-0.39, 0.29) is 5.91 Å². The second-order valence-electron chi connectivity index (χ2n) is 4.36. The molecular formula is C14H22N2O2. The zero-order valence-electron chi connectivity index (χ0n) is 11.1. The Morgan fingerprint density at radius 3 is 2.89 bits per heavy atom. The van der Waals surface area contributed by atoms with Crippen molar-refractivity contribution in [2.24, 2.45) is 5.73 Å². The van der Waals surface area contributed by atoms with E-state index in [0.29, 0.717) is 13.1 Å². The van der Waals surface area contributed by atoms with Gasteiger partial charge in [0.05, 0.1) is 0 Å². The summed E-state index contributed by atoms with van der Waals surface area (Å²) in [7, 11) is 0. The predicted octanol–water partition coefficient (Wildman–Crippen LogP) is 1.62. The molecule has 4 nitrogen and oxygen atoms in total. The molecule has 0 bridgehead atoms. The van der Waals surface area contributed by atoms with Gasteiger partial charge in [0.25, 0.3) is 5.91 Å². The average Bonchev–Trinajstić information content (AvgIpc) is 2.34. The van der Waals surface area contributed by atoms with E-state index < -0.39 is 6.10 Å². The van der Waals surface area contributed by atoms with Crippen LogP contribution in [-0.2, 0) is 4.79 Å². The van der Waals surface area contributed by atoms with E-state index in [1.807, 2.05) is 31.2 Å². The maximum atomic E-state index is 11.7. The van der Waals surface area contributed by atoms with Crippen LogP contribution in [-0.4, -0.2) is 25.1 Å². The Morgan fingerprint density at radius 1 is 1.44 bits per heavy atom. The number of carbonyl (C=O) groups excluding carboxylic acids is 1. The molecule has 1 atom stereocenters. The quantitative estimate of drug-likeness (QED) is 0.723. The van der Waals surface area contributed by atoms with Crippen molar-refractivity contribution in [3.05, 3.63) is 29.8 Å². The third-order valence-corrected chi connectivity index (χ3v) is 2.60. The van der Waals surface area contributed by atoms with Crippen LogP contribution in [0.15, 0.2) is 24.3 Å². The number of carbonyl (C=O) groups is 1. The van der Waals surface area contributed by atoms with Gasteiger partial charge in [0, 0.05) is 6.54 Å². The van der Waals surface area contributed by atoms with Crippen molar-refractivity contribution in [2.45, 2.75) is 32.8 Å². The predicted molar refractivity (Wildman–Crippen MR) is 72.6 cm³/mol. The van der Waals surface area contributed by atoms with Crippen LogP contribution in [0.4, 0.5) is 0 Å². The van der Waals surface area contributed by atoms with Gasteiger partial charge in [-0.15, -0.1) is 0 Å². The highest BCUT2D eigenvalue weighted by Crippen LogP contribution is 2.14. The molecule has 0 spiro atoms. The number of nitrogens with two attached hydrogens (primary N) is 1. The SMILES string of the molecule is Cc1cccc(OC(C)C(=O)NCCCCN)c1. The highest BCUT2D eigenvalue weighted by atomic mass is 16.5. The lowest BCUT2D eigenvalue weighted by Crippen LogP contribution is -2.36. The van der Waals surface area contributed by atoms with E-state index in [1.165, 1.54) is 0 Å². The molecule has 1 unspecified atom stereocenters. The Morgan fingerprint density at radius 2 is 2.22 bits per heavy atom. The molecule has 0 saturated heterocycles. The second-order valence-corrected chi connectivity index (χ2v) is 4.36. The Hall–Kier alpha value is -1.55. The highest BCUT2D eigenvalue weighted by molar-refractivity contribution is 5.80. The molecule has 0 aliphatic carbocycles. The molecule has 0 fully saturated rings. The minimum absolute atomic E-state index is 0.0893. The largest absolute Gasteiger partial charge is 0.481 e. The molecule has 0 aliphatic rings. The molecule has 0 aliphatic heterocycles. The van der Waals surface area contributed by atoms with Crippen LogP contribution < -0.4 is 15.8 Å². The molecule has 0 heterocycles. The fourth-order valence-electron chi connectivity index (χ4n) is 1.57. The highest BCUT2D eigenvalue weighted by Gasteiger charge is 2.13. The summed E-state index contributed by atoms with van der Waals surface area (Å²) in [4.78, 5) is 11.7. The number of hydrogen-bond donors (Lipinski definition) is 2. The smallest absolute Gasteiger partial charge is 0.260 e. The zero-order valence-corrected chi connectivity index (χ0v) is 11.1. The lowest BCUT2D eigenvalue weighted by Gasteiger charge is -2.15. The molecule has 1 rings (SSSR count). The van der Waals surface area contributed by atoms with Crippen LogP contribution in [0.3, 0.4) is 0 Å². The summed E-state index contributed by atoms with van der Waals surface area (Å²) >= 11 is 0. The van der Waals surface area contributed by atoms with Gasteiger partial charge in [-0.2, -0.15) is 0 Å².